The number of carbonyl (C=O) groups is 3. The summed E-state index contributed by atoms with van der Waals surface area (Å²) in [6, 6.07) is 28.7. The molecule has 0 unspecified atom stereocenters. The van der Waals surface area contributed by atoms with Crippen LogP contribution in [-0.2, 0) is 9.59 Å². The number of ether oxygens (including phenoxy) is 2. The molecule has 0 bridgehead atoms. The van der Waals surface area contributed by atoms with Crippen LogP contribution >= 0.6 is 23.1 Å². The monoisotopic (exact) mass is 652 g/mol. The first kappa shape index (κ1) is 32.3. The number of nitrogens with zero attached hydrogens (tertiary/aromatic N) is 1. The van der Waals surface area contributed by atoms with Gasteiger partial charge in [-0.25, -0.2) is 4.98 Å². The van der Waals surface area contributed by atoms with Gasteiger partial charge in [-0.3, -0.25) is 14.4 Å². The zero-order chi connectivity index (χ0) is 32.3. The van der Waals surface area contributed by atoms with E-state index in [1.54, 1.807) is 54.6 Å². The van der Waals surface area contributed by atoms with Crippen LogP contribution in [0, 0.1) is 0 Å². The topological polar surface area (TPSA) is 119 Å². The van der Waals surface area contributed by atoms with Crippen LogP contribution in [0.2, 0.25) is 0 Å². The second kappa shape index (κ2) is 15.7. The summed E-state index contributed by atoms with van der Waals surface area (Å²) in [7, 11) is 0. The molecule has 0 aliphatic carbocycles. The Morgan fingerprint density at radius 2 is 1.63 bits per heavy atom. The normalized spacial score (nSPS) is 11.1. The molecular weight excluding hydrogens is 621 g/mol. The summed E-state index contributed by atoms with van der Waals surface area (Å²) in [5.74, 6) is 0.347. The summed E-state index contributed by atoms with van der Waals surface area (Å²) >= 11 is 2.71. The summed E-state index contributed by atoms with van der Waals surface area (Å²) in [5, 5.41) is 9.00. The smallest absolute Gasteiger partial charge is 0.272 e. The van der Waals surface area contributed by atoms with Crippen molar-refractivity contribution in [2.75, 3.05) is 29.6 Å². The largest absolute Gasteiger partial charge is 0.494 e. The highest BCUT2D eigenvalue weighted by atomic mass is 32.2. The molecule has 1 heterocycles. The van der Waals surface area contributed by atoms with Crippen LogP contribution in [0.1, 0.15) is 29.8 Å². The van der Waals surface area contributed by atoms with Gasteiger partial charge in [0.1, 0.15) is 17.2 Å². The lowest BCUT2D eigenvalue weighted by Gasteiger charge is -2.13. The fraction of sp³-hybridized carbons (Fsp3) is 0.143. The number of rotatable bonds is 13. The van der Waals surface area contributed by atoms with Gasteiger partial charge < -0.3 is 25.4 Å². The zero-order valence-corrected chi connectivity index (χ0v) is 26.9. The van der Waals surface area contributed by atoms with Crippen LogP contribution in [0.25, 0.3) is 16.3 Å². The van der Waals surface area contributed by atoms with Crippen LogP contribution in [0.15, 0.2) is 108 Å². The van der Waals surface area contributed by atoms with Gasteiger partial charge in [0.15, 0.2) is 5.13 Å². The van der Waals surface area contributed by atoms with Crippen molar-refractivity contribution in [3.63, 3.8) is 0 Å². The Hall–Kier alpha value is -5.13. The average Bonchev–Trinajstić information content (AvgIpc) is 3.46. The number of aromatic nitrogens is 1. The predicted molar refractivity (Wildman–Crippen MR) is 185 cm³/mol. The molecule has 9 nitrogen and oxygen atoms in total. The van der Waals surface area contributed by atoms with Crippen molar-refractivity contribution in [2.24, 2.45) is 0 Å². The third kappa shape index (κ3) is 8.74. The first-order valence-electron chi connectivity index (χ1n) is 14.6. The van der Waals surface area contributed by atoms with Gasteiger partial charge in [-0.1, -0.05) is 53.8 Å². The third-order valence-electron chi connectivity index (χ3n) is 6.43. The Kier molecular flexibility index (Phi) is 11.0. The number of amides is 3. The number of nitrogens with one attached hydrogen (secondary N) is 3. The van der Waals surface area contributed by atoms with Crippen molar-refractivity contribution in [1.29, 1.82) is 0 Å². The first-order valence-corrected chi connectivity index (χ1v) is 16.4. The van der Waals surface area contributed by atoms with E-state index >= 15 is 0 Å². The molecule has 0 aliphatic heterocycles. The number of hydrogen-bond donors (Lipinski definition) is 3. The number of thioether (sulfide) groups is 1. The average molecular weight is 653 g/mol. The minimum Gasteiger partial charge on any atom is -0.494 e. The van der Waals surface area contributed by atoms with E-state index in [9.17, 15) is 14.4 Å². The van der Waals surface area contributed by atoms with E-state index in [1.165, 1.54) is 23.1 Å². The minimum absolute atomic E-state index is 0.0441. The summed E-state index contributed by atoms with van der Waals surface area (Å²) in [4.78, 5) is 44.6. The van der Waals surface area contributed by atoms with Gasteiger partial charge in [0.2, 0.25) is 5.91 Å². The van der Waals surface area contributed by atoms with E-state index in [0.717, 1.165) is 20.9 Å². The minimum atomic E-state index is -0.515. The molecule has 3 amide bonds. The van der Waals surface area contributed by atoms with Crippen molar-refractivity contribution >= 4 is 67.9 Å². The Balaban J connectivity index is 1.26. The Labute approximate surface area is 275 Å². The second-order valence-electron chi connectivity index (χ2n) is 9.75. The molecule has 0 atom stereocenters. The zero-order valence-electron chi connectivity index (χ0n) is 25.2. The van der Waals surface area contributed by atoms with E-state index in [0.29, 0.717) is 40.9 Å². The fourth-order valence-corrected chi connectivity index (χ4v) is 6.03. The summed E-state index contributed by atoms with van der Waals surface area (Å²) in [6.07, 6.45) is 1.59. The maximum Gasteiger partial charge on any atom is 0.272 e. The number of fused-ring (bicyclic) bond motifs is 1. The molecule has 5 aromatic rings. The highest BCUT2D eigenvalue weighted by molar-refractivity contribution is 8.00. The van der Waals surface area contributed by atoms with E-state index in [4.69, 9.17) is 9.47 Å². The number of thiazole rings is 1. The van der Waals surface area contributed by atoms with Crippen molar-refractivity contribution in [3.05, 3.63) is 114 Å². The van der Waals surface area contributed by atoms with Crippen molar-refractivity contribution in [1.82, 2.24) is 10.3 Å². The van der Waals surface area contributed by atoms with Crippen molar-refractivity contribution < 1.29 is 23.9 Å². The molecule has 0 fully saturated rings. The lowest BCUT2D eigenvalue weighted by Crippen LogP contribution is -2.30. The van der Waals surface area contributed by atoms with Crippen molar-refractivity contribution in [3.8, 4) is 11.5 Å². The van der Waals surface area contributed by atoms with Gasteiger partial charge in [-0.15, -0.1) is 11.8 Å². The van der Waals surface area contributed by atoms with Crippen molar-refractivity contribution in [2.45, 2.75) is 18.7 Å². The molecule has 1 aromatic heterocycles. The number of carbonyl (C=O) groups excluding carboxylic acids is 3. The number of hydrogen-bond acceptors (Lipinski definition) is 8. The molecule has 0 radical (unpaired) electrons. The maximum absolute atomic E-state index is 13.5. The molecule has 11 heteroatoms. The molecular formula is C35H32N4O5S2. The highest BCUT2D eigenvalue weighted by Gasteiger charge is 2.17. The molecule has 0 saturated carbocycles. The van der Waals surface area contributed by atoms with Crippen LogP contribution in [-0.4, -0.2) is 41.7 Å². The van der Waals surface area contributed by atoms with E-state index in [-0.39, 0.29) is 17.4 Å². The van der Waals surface area contributed by atoms with Gasteiger partial charge in [-0.05, 0) is 74.5 Å². The third-order valence-corrected chi connectivity index (χ3v) is 8.35. The number of para-hydroxylation sites is 1. The lowest BCUT2D eigenvalue weighted by atomic mass is 10.1. The molecule has 5 rings (SSSR count). The van der Waals surface area contributed by atoms with Crippen LogP contribution in [0.4, 0.5) is 10.8 Å². The molecule has 0 saturated heterocycles. The maximum atomic E-state index is 13.5. The van der Waals surface area contributed by atoms with Gasteiger partial charge in [0.25, 0.3) is 11.8 Å². The molecule has 0 spiro atoms. The van der Waals surface area contributed by atoms with Gasteiger partial charge in [0, 0.05) is 21.7 Å². The van der Waals surface area contributed by atoms with Gasteiger partial charge >= 0.3 is 0 Å². The summed E-state index contributed by atoms with van der Waals surface area (Å²) in [6.45, 7) is 4.82. The van der Waals surface area contributed by atoms with Crippen LogP contribution in [0.3, 0.4) is 0 Å². The predicted octanol–water partition coefficient (Wildman–Crippen LogP) is 7.23. The van der Waals surface area contributed by atoms with Gasteiger partial charge in [0.05, 0.1) is 29.2 Å². The fourth-order valence-electron chi connectivity index (χ4n) is 4.37. The SMILES string of the molecule is CCOc1ccc2nc(NC(=O)CSc3cccc(NC(=O)/C(=C\c4ccccc4OCC)NC(=O)c4ccccc4)c3)sc2c1. The first-order chi connectivity index (χ1) is 22.4. The van der Waals surface area contributed by atoms with Gasteiger partial charge in [-0.2, -0.15) is 0 Å². The molecule has 3 N–H and O–H groups in total. The van der Waals surface area contributed by atoms with Crippen LogP contribution in [0.5, 0.6) is 11.5 Å². The summed E-state index contributed by atoms with van der Waals surface area (Å²) < 4.78 is 12.2. The van der Waals surface area contributed by atoms with E-state index < -0.39 is 11.8 Å². The lowest BCUT2D eigenvalue weighted by molar-refractivity contribution is -0.114. The second-order valence-corrected chi connectivity index (χ2v) is 11.8. The Bertz CT molecular complexity index is 1870. The molecule has 4 aromatic carbocycles. The summed E-state index contributed by atoms with van der Waals surface area (Å²) in [5.41, 5.74) is 2.39. The Morgan fingerprint density at radius 1 is 0.848 bits per heavy atom. The van der Waals surface area contributed by atoms with E-state index in [2.05, 4.69) is 20.9 Å². The molecule has 0 aliphatic rings. The standard InChI is InChI=1S/C35H32N4O5S2/c1-3-43-26-17-18-28-31(21-26)46-35(38-28)39-32(40)22-45-27-15-10-14-25(20-27)36-34(42)29(37-33(41)23-11-6-5-7-12-23)19-24-13-8-9-16-30(24)44-4-2/h5-21H,3-4,22H2,1-2H3,(H,36,42)(H,37,41)(H,38,39,40)/b29-19+. The quantitative estimate of drug-likeness (QED) is 0.0907. The number of anilines is 2. The van der Waals surface area contributed by atoms with E-state index in [1.807, 2.05) is 62.4 Å². The van der Waals surface area contributed by atoms with Crippen LogP contribution < -0.4 is 25.4 Å². The molecule has 46 heavy (non-hydrogen) atoms. The molecule has 234 valence electrons. The highest BCUT2D eigenvalue weighted by Crippen LogP contribution is 2.30. The Morgan fingerprint density at radius 3 is 2.43 bits per heavy atom. The number of benzene rings is 4.